The minimum absolute atomic E-state index is 0.523. The first-order valence-electron chi connectivity index (χ1n) is 4.52. The molecule has 2 rings (SSSR count). The monoisotopic (exact) mass is 242 g/mol. The van der Waals surface area contributed by atoms with Gasteiger partial charge in [-0.05, 0) is 24.6 Å². The third kappa shape index (κ3) is 2.39. The molecule has 0 bridgehead atoms. The van der Waals surface area contributed by atoms with Crippen LogP contribution in [0.25, 0.3) is 6.08 Å². The summed E-state index contributed by atoms with van der Waals surface area (Å²) in [6, 6.07) is 7.05. The van der Waals surface area contributed by atoms with Gasteiger partial charge >= 0.3 is 10.4 Å². The van der Waals surface area contributed by atoms with Crippen molar-refractivity contribution in [1.29, 1.82) is 0 Å². The zero-order valence-corrected chi connectivity index (χ0v) is 9.27. The number of hydrazine groups is 1. The average Bonchev–Trinajstić information content (AvgIpc) is 2.61. The van der Waals surface area contributed by atoms with Crippen LogP contribution < -0.4 is 10.8 Å². The summed E-state index contributed by atoms with van der Waals surface area (Å²) >= 11 is 0. The van der Waals surface area contributed by atoms with Crippen molar-refractivity contribution in [3.05, 3.63) is 35.9 Å². The highest BCUT2D eigenvalue weighted by molar-refractivity contribution is 7.82. The maximum Gasteiger partial charge on any atom is 0.440 e. The second kappa shape index (κ2) is 4.22. The van der Waals surface area contributed by atoms with E-state index < -0.39 is 10.4 Å². The zero-order chi connectivity index (χ0) is 11.6. The van der Waals surface area contributed by atoms with Gasteiger partial charge in [-0.15, -0.1) is 13.7 Å². The molecule has 0 aromatic heterocycles. The van der Waals surface area contributed by atoms with Crippen LogP contribution in [-0.4, -0.2) is 8.42 Å². The lowest BCUT2D eigenvalue weighted by Crippen LogP contribution is -2.28. The largest absolute Gasteiger partial charge is 0.440 e. The van der Waals surface area contributed by atoms with Gasteiger partial charge in [-0.1, -0.05) is 29.9 Å². The van der Waals surface area contributed by atoms with Crippen molar-refractivity contribution in [1.82, 2.24) is 5.59 Å². The Bertz CT molecular complexity index is 495. The van der Waals surface area contributed by atoms with Crippen molar-refractivity contribution in [3.8, 4) is 0 Å². The minimum atomic E-state index is -3.96. The van der Waals surface area contributed by atoms with Crippen LogP contribution in [-0.2, 0) is 19.0 Å². The van der Waals surface area contributed by atoms with Gasteiger partial charge in [-0.25, -0.2) is 0 Å². The van der Waals surface area contributed by atoms with Crippen LogP contribution >= 0.6 is 0 Å². The lowest BCUT2D eigenvalue weighted by atomic mass is 10.2. The molecule has 1 heterocycles. The second-order valence-corrected chi connectivity index (χ2v) is 4.18. The van der Waals surface area contributed by atoms with Gasteiger partial charge in [0.15, 0.2) is 0 Å². The number of hydrogen-bond acceptors (Lipinski definition) is 6. The van der Waals surface area contributed by atoms with Gasteiger partial charge in [0.05, 0.1) is 5.69 Å². The van der Waals surface area contributed by atoms with E-state index in [-0.39, 0.29) is 0 Å². The van der Waals surface area contributed by atoms with Crippen LogP contribution in [0.1, 0.15) is 12.5 Å². The van der Waals surface area contributed by atoms with E-state index >= 15 is 0 Å². The fourth-order valence-electron chi connectivity index (χ4n) is 1.21. The molecule has 0 unspecified atom stereocenters. The highest BCUT2D eigenvalue weighted by Gasteiger charge is 2.28. The molecule has 86 valence electrons. The standard InChI is InChI=1S/C9H10N2O4S/c1-2-3-8-4-6-9(7-5-8)11-10-14-16(12,13)15-11/h2-7,10H,1H3/b3-2+. The summed E-state index contributed by atoms with van der Waals surface area (Å²) in [5, 5.41) is 0.925. The Morgan fingerprint density at radius 3 is 2.50 bits per heavy atom. The predicted octanol–water partition coefficient (Wildman–Crippen LogP) is 1.15. The van der Waals surface area contributed by atoms with Crippen molar-refractivity contribution >= 4 is 22.2 Å². The predicted molar refractivity (Wildman–Crippen MR) is 57.9 cm³/mol. The van der Waals surface area contributed by atoms with Crippen molar-refractivity contribution < 1.29 is 17.0 Å². The molecule has 1 aliphatic rings. The number of allylic oxidation sites excluding steroid dienone is 1. The van der Waals surface area contributed by atoms with E-state index in [0.29, 0.717) is 5.69 Å². The molecular weight excluding hydrogens is 232 g/mol. The van der Waals surface area contributed by atoms with E-state index in [1.807, 2.05) is 31.2 Å². The van der Waals surface area contributed by atoms with Crippen molar-refractivity contribution in [2.75, 3.05) is 5.17 Å². The van der Waals surface area contributed by atoms with E-state index in [9.17, 15) is 8.42 Å². The molecule has 1 fully saturated rings. The number of rotatable bonds is 2. The Kier molecular flexibility index (Phi) is 2.92. The number of benzene rings is 1. The topological polar surface area (TPSA) is 67.9 Å². The van der Waals surface area contributed by atoms with Crippen LogP contribution in [0.4, 0.5) is 5.69 Å². The second-order valence-electron chi connectivity index (χ2n) is 3.04. The zero-order valence-electron chi connectivity index (χ0n) is 8.45. The SMILES string of the molecule is C/C=C/c1ccc(N2NOS(=O)(=O)O2)cc1. The van der Waals surface area contributed by atoms with Crippen molar-refractivity contribution in [3.63, 3.8) is 0 Å². The van der Waals surface area contributed by atoms with Crippen LogP contribution in [0.15, 0.2) is 30.3 Å². The van der Waals surface area contributed by atoms with Gasteiger partial charge in [-0.2, -0.15) is 8.42 Å². The molecule has 1 N–H and O–H groups in total. The summed E-state index contributed by atoms with van der Waals surface area (Å²) in [5.41, 5.74) is 3.65. The Morgan fingerprint density at radius 2 is 2.00 bits per heavy atom. The number of anilines is 1. The molecule has 0 saturated carbocycles. The minimum Gasteiger partial charge on any atom is -0.165 e. The molecule has 0 atom stereocenters. The van der Waals surface area contributed by atoms with E-state index in [2.05, 4.69) is 14.2 Å². The molecule has 0 aliphatic carbocycles. The summed E-state index contributed by atoms with van der Waals surface area (Å²) in [4.78, 5) is 0. The van der Waals surface area contributed by atoms with Gasteiger partial charge in [0, 0.05) is 0 Å². The summed E-state index contributed by atoms with van der Waals surface area (Å²) in [7, 11) is -3.96. The molecule has 0 spiro atoms. The van der Waals surface area contributed by atoms with Gasteiger partial charge in [0.2, 0.25) is 0 Å². The van der Waals surface area contributed by atoms with Crippen LogP contribution in [0.5, 0.6) is 0 Å². The molecule has 1 aliphatic heterocycles. The Hall–Kier alpha value is -1.41. The van der Waals surface area contributed by atoms with Crippen LogP contribution in [0, 0.1) is 0 Å². The highest BCUT2D eigenvalue weighted by Crippen LogP contribution is 2.19. The van der Waals surface area contributed by atoms with Crippen LogP contribution in [0.2, 0.25) is 0 Å². The van der Waals surface area contributed by atoms with E-state index in [1.54, 1.807) is 12.1 Å². The first kappa shape index (κ1) is 11.1. The fraction of sp³-hybridized carbons (Fsp3) is 0.111. The maximum atomic E-state index is 10.8. The number of hydrogen-bond donors (Lipinski definition) is 1. The van der Waals surface area contributed by atoms with Gasteiger partial charge < -0.3 is 0 Å². The molecule has 1 saturated heterocycles. The number of nitrogens with one attached hydrogen (secondary N) is 1. The molecule has 1 aromatic carbocycles. The number of nitrogens with zero attached hydrogens (tertiary/aromatic N) is 1. The molecule has 0 radical (unpaired) electrons. The van der Waals surface area contributed by atoms with E-state index in [1.165, 1.54) is 0 Å². The van der Waals surface area contributed by atoms with Crippen molar-refractivity contribution in [2.45, 2.75) is 6.92 Å². The lowest BCUT2D eigenvalue weighted by Gasteiger charge is -2.10. The van der Waals surface area contributed by atoms with Gasteiger partial charge in [-0.3, -0.25) is 0 Å². The summed E-state index contributed by atoms with van der Waals surface area (Å²) in [6.07, 6.45) is 3.84. The normalized spacial score (nSPS) is 19.4. The summed E-state index contributed by atoms with van der Waals surface area (Å²) in [5.74, 6) is 0. The molecular formula is C9H10N2O4S. The smallest absolute Gasteiger partial charge is 0.165 e. The summed E-state index contributed by atoms with van der Waals surface area (Å²) in [6.45, 7) is 1.92. The molecule has 7 heteroatoms. The Balaban J connectivity index is 2.17. The third-order valence-corrected chi connectivity index (χ3v) is 2.49. The van der Waals surface area contributed by atoms with Gasteiger partial charge in [0.1, 0.15) is 0 Å². The first-order chi connectivity index (χ1) is 7.61. The van der Waals surface area contributed by atoms with E-state index in [0.717, 1.165) is 10.7 Å². The summed E-state index contributed by atoms with van der Waals surface area (Å²) < 4.78 is 30.3. The fourth-order valence-corrected chi connectivity index (χ4v) is 1.70. The van der Waals surface area contributed by atoms with Gasteiger partial charge in [0.25, 0.3) is 0 Å². The molecule has 16 heavy (non-hydrogen) atoms. The van der Waals surface area contributed by atoms with Crippen molar-refractivity contribution in [2.24, 2.45) is 0 Å². The molecule has 6 nitrogen and oxygen atoms in total. The highest BCUT2D eigenvalue weighted by atomic mass is 32.3. The maximum absolute atomic E-state index is 10.8. The average molecular weight is 242 g/mol. The van der Waals surface area contributed by atoms with E-state index in [4.69, 9.17) is 0 Å². The van der Waals surface area contributed by atoms with Crippen LogP contribution in [0.3, 0.4) is 0 Å². The Labute approximate surface area is 93.3 Å². The third-order valence-electron chi connectivity index (χ3n) is 1.87. The lowest BCUT2D eigenvalue weighted by molar-refractivity contribution is 0.198. The quantitative estimate of drug-likeness (QED) is 0.839. The molecule has 0 amide bonds. The molecule has 1 aromatic rings. The first-order valence-corrected chi connectivity index (χ1v) is 5.85. The Morgan fingerprint density at radius 1 is 1.31 bits per heavy atom.